The van der Waals surface area contributed by atoms with Crippen molar-refractivity contribution in [1.82, 2.24) is 19.8 Å². The lowest BCUT2D eigenvalue weighted by Gasteiger charge is -2.15. The number of carbonyl (C=O) groups excluding carboxylic acids is 2. The van der Waals surface area contributed by atoms with Gasteiger partial charge in [-0.1, -0.05) is 11.8 Å². The highest BCUT2D eigenvalue weighted by Gasteiger charge is 2.23. The van der Waals surface area contributed by atoms with Crippen molar-refractivity contribution in [2.45, 2.75) is 50.2 Å². The smallest absolute Gasteiger partial charge is 0.263 e. The Morgan fingerprint density at radius 1 is 1.23 bits per heavy atom. The number of thioether (sulfide) groups is 1. The first-order valence-corrected chi connectivity index (χ1v) is 12.6. The van der Waals surface area contributed by atoms with Gasteiger partial charge in [0.1, 0.15) is 4.83 Å². The van der Waals surface area contributed by atoms with Crippen LogP contribution in [0.5, 0.6) is 0 Å². The van der Waals surface area contributed by atoms with Gasteiger partial charge in [0.05, 0.1) is 24.3 Å². The maximum absolute atomic E-state index is 13.2. The van der Waals surface area contributed by atoms with E-state index in [0.29, 0.717) is 37.8 Å². The molecule has 0 bridgehead atoms. The standard InChI is InChI=1S/C21H28N4O4S2/c1-29-12-11-25-20(28)18-14-5-2-6-15(14)31-19(18)23-21(25)30-13-16(26)22-8-4-10-24-9-3-7-17(24)27/h2-13H2,1H3,(H,22,26). The molecule has 4 rings (SSSR count). The molecule has 0 atom stereocenters. The van der Waals surface area contributed by atoms with E-state index in [2.05, 4.69) is 5.32 Å². The average molecular weight is 465 g/mol. The second kappa shape index (κ2) is 10.1. The van der Waals surface area contributed by atoms with Gasteiger partial charge in [0.15, 0.2) is 5.16 Å². The van der Waals surface area contributed by atoms with Crippen molar-refractivity contribution in [3.8, 4) is 0 Å². The number of nitrogens with one attached hydrogen (secondary N) is 1. The van der Waals surface area contributed by atoms with Crippen LogP contribution in [0.4, 0.5) is 0 Å². The van der Waals surface area contributed by atoms with E-state index in [0.717, 1.165) is 54.4 Å². The van der Waals surface area contributed by atoms with Crippen LogP contribution >= 0.6 is 23.1 Å². The van der Waals surface area contributed by atoms with Crippen molar-refractivity contribution in [2.24, 2.45) is 0 Å². The van der Waals surface area contributed by atoms with Crippen molar-refractivity contribution >= 4 is 45.1 Å². The Morgan fingerprint density at radius 3 is 2.87 bits per heavy atom. The summed E-state index contributed by atoms with van der Waals surface area (Å²) in [6.45, 7) is 2.86. The number of thiophene rings is 1. The lowest BCUT2D eigenvalue weighted by atomic mass is 10.2. The first-order valence-electron chi connectivity index (χ1n) is 10.8. The monoisotopic (exact) mass is 464 g/mol. The minimum absolute atomic E-state index is 0.0281. The zero-order chi connectivity index (χ0) is 21.8. The van der Waals surface area contributed by atoms with E-state index in [9.17, 15) is 14.4 Å². The van der Waals surface area contributed by atoms with Crippen LogP contribution in [0.25, 0.3) is 10.2 Å². The summed E-state index contributed by atoms with van der Waals surface area (Å²) in [5.41, 5.74) is 1.13. The van der Waals surface area contributed by atoms with Crippen LogP contribution in [0, 0.1) is 0 Å². The average Bonchev–Trinajstić information content (AvgIpc) is 3.45. The third-order valence-electron chi connectivity index (χ3n) is 5.74. The molecule has 168 valence electrons. The van der Waals surface area contributed by atoms with Gasteiger partial charge in [-0.2, -0.15) is 0 Å². The Bertz CT molecular complexity index is 1030. The van der Waals surface area contributed by atoms with Gasteiger partial charge in [0.2, 0.25) is 11.8 Å². The molecular formula is C21H28N4O4S2. The molecule has 1 aliphatic heterocycles. The minimum atomic E-state index is -0.0981. The van der Waals surface area contributed by atoms with Crippen LogP contribution in [0.15, 0.2) is 9.95 Å². The van der Waals surface area contributed by atoms with Crippen molar-refractivity contribution in [3.05, 3.63) is 20.8 Å². The number of hydrogen-bond donors (Lipinski definition) is 1. The van der Waals surface area contributed by atoms with Crippen LogP contribution < -0.4 is 10.9 Å². The summed E-state index contributed by atoms with van der Waals surface area (Å²) >= 11 is 2.89. The van der Waals surface area contributed by atoms with Crippen molar-refractivity contribution in [2.75, 3.05) is 39.1 Å². The number of rotatable bonds is 10. The third kappa shape index (κ3) is 4.96. The van der Waals surface area contributed by atoms with Crippen LogP contribution in [0.2, 0.25) is 0 Å². The fraction of sp³-hybridized carbons (Fsp3) is 0.619. The van der Waals surface area contributed by atoms with E-state index >= 15 is 0 Å². The summed E-state index contributed by atoms with van der Waals surface area (Å²) in [4.78, 5) is 45.8. The second-order valence-electron chi connectivity index (χ2n) is 7.86. The number of nitrogens with zero attached hydrogens (tertiary/aromatic N) is 3. The Labute approximate surface area is 189 Å². The summed E-state index contributed by atoms with van der Waals surface area (Å²) < 4.78 is 6.83. The van der Waals surface area contributed by atoms with E-state index < -0.39 is 0 Å². The van der Waals surface area contributed by atoms with Gasteiger partial charge in [-0.05, 0) is 37.7 Å². The number of aryl methyl sites for hydroxylation is 2. The molecule has 2 aromatic rings. The first kappa shape index (κ1) is 22.3. The lowest BCUT2D eigenvalue weighted by molar-refractivity contribution is -0.127. The number of aromatic nitrogens is 2. The Kier molecular flexibility index (Phi) is 7.29. The van der Waals surface area contributed by atoms with E-state index in [1.165, 1.54) is 16.6 Å². The number of likely N-dealkylation sites (tertiary alicyclic amines) is 1. The van der Waals surface area contributed by atoms with Crippen molar-refractivity contribution in [3.63, 3.8) is 0 Å². The summed E-state index contributed by atoms with van der Waals surface area (Å²) in [7, 11) is 1.61. The Balaban J connectivity index is 1.38. The van der Waals surface area contributed by atoms with Gasteiger partial charge in [-0.3, -0.25) is 19.0 Å². The highest BCUT2D eigenvalue weighted by molar-refractivity contribution is 7.99. The van der Waals surface area contributed by atoms with E-state index in [1.807, 2.05) is 4.90 Å². The Hall–Kier alpha value is -1.91. The molecular weight excluding hydrogens is 436 g/mol. The van der Waals surface area contributed by atoms with Gasteiger partial charge in [0, 0.05) is 38.0 Å². The van der Waals surface area contributed by atoms with Crippen LogP contribution in [-0.2, 0) is 33.7 Å². The molecule has 1 aliphatic carbocycles. The number of hydrogen-bond acceptors (Lipinski definition) is 7. The van der Waals surface area contributed by atoms with Crippen LogP contribution in [-0.4, -0.2) is 65.4 Å². The maximum Gasteiger partial charge on any atom is 0.263 e. The molecule has 2 amide bonds. The van der Waals surface area contributed by atoms with Gasteiger partial charge >= 0.3 is 0 Å². The van der Waals surface area contributed by atoms with Crippen molar-refractivity contribution < 1.29 is 14.3 Å². The molecule has 0 spiro atoms. The number of ether oxygens (including phenoxy) is 1. The third-order valence-corrected chi connectivity index (χ3v) is 7.90. The molecule has 3 heterocycles. The molecule has 1 fully saturated rings. The highest BCUT2D eigenvalue weighted by Crippen LogP contribution is 2.35. The van der Waals surface area contributed by atoms with Gasteiger partial charge in [0.25, 0.3) is 5.56 Å². The SMILES string of the molecule is COCCn1c(SCC(=O)NCCCN2CCCC2=O)nc2sc3c(c2c1=O)CCC3. The first-order chi connectivity index (χ1) is 15.1. The number of fused-ring (bicyclic) bond motifs is 3. The minimum Gasteiger partial charge on any atom is -0.383 e. The quantitative estimate of drug-likeness (QED) is 0.328. The molecule has 8 nitrogen and oxygen atoms in total. The van der Waals surface area contributed by atoms with E-state index in [-0.39, 0.29) is 23.1 Å². The summed E-state index contributed by atoms with van der Waals surface area (Å²) in [6.07, 6.45) is 5.36. The molecule has 10 heteroatoms. The molecule has 31 heavy (non-hydrogen) atoms. The van der Waals surface area contributed by atoms with E-state index in [1.54, 1.807) is 23.0 Å². The topological polar surface area (TPSA) is 93.5 Å². The molecule has 0 unspecified atom stereocenters. The molecule has 1 N–H and O–H groups in total. The highest BCUT2D eigenvalue weighted by atomic mass is 32.2. The predicted octanol–water partition coefficient (Wildman–Crippen LogP) is 1.81. The van der Waals surface area contributed by atoms with Gasteiger partial charge in [-0.15, -0.1) is 11.3 Å². The van der Waals surface area contributed by atoms with E-state index in [4.69, 9.17) is 9.72 Å². The number of carbonyl (C=O) groups is 2. The van der Waals surface area contributed by atoms with Crippen molar-refractivity contribution in [1.29, 1.82) is 0 Å². The maximum atomic E-state index is 13.2. The zero-order valence-electron chi connectivity index (χ0n) is 17.8. The zero-order valence-corrected chi connectivity index (χ0v) is 19.4. The van der Waals surface area contributed by atoms with Crippen LogP contribution in [0.1, 0.15) is 36.1 Å². The molecule has 2 aromatic heterocycles. The largest absolute Gasteiger partial charge is 0.383 e. The normalized spacial score (nSPS) is 15.8. The lowest BCUT2D eigenvalue weighted by Crippen LogP contribution is -2.31. The molecule has 2 aliphatic rings. The summed E-state index contributed by atoms with van der Waals surface area (Å²) in [6, 6.07) is 0. The van der Waals surface area contributed by atoms with Crippen LogP contribution in [0.3, 0.4) is 0 Å². The molecule has 1 saturated heterocycles. The number of amides is 2. The summed E-state index contributed by atoms with van der Waals surface area (Å²) in [5, 5.41) is 4.21. The number of methoxy groups -OCH3 is 1. The molecule has 0 radical (unpaired) electrons. The fourth-order valence-corrected chi connectivity index (χ4v) is 6.33. The van der Waals surface area contributed by atoms with Gasteiger partial charge < -0.3 is 15.0 Å². The molecule has 0 aromatic carbocycles. The van der Waals surface area contributed by atoms with Gasteiger partial charge in [-0.25, -0.2) is 4.98 Å². The summed E-state index contributed by atoms with van der Waals surface area (Å²) in [5.74, 6) is 0.301. The fourth-order valence-electron chi connectivity index (χ4n) is 4.17. The molecule has 0 saturated carbocycles. The predicted molar refractivity (Wildman–Crippen MR) is 122 cm³/mol. The second-order valence-corrected chi connectivity index (χ2v) is 9.88. The Morgan fingerprint density at radius 2 is 2.10 bits per heavy atom.